The summed E-state index contributed by atoms with van der Waals surface area (Å²) in [6, 6.07) is 3.78. The predicted octanol–water partition coefficient (Wildman–Crippen LogP) is 1.08. The van der Waals surface area contributed by atoms with Gasteiger partial charge in [0.1, 0.15) is 5.69 Å². The molecular formula is C12H17N5O2. The average Bonchev–Trinajstić information content (AvgIpc) is 2.93. The van der Waals surface area contributed by atoms with Crippen LogP contribution >= 0.6 is 0 Å². The third-order valence-corrected chi connectivity index (χ3v) is 2.87. The molecule has 0 aliphatic rings. The van der Waals surface area contributed by atoms with Crippen molar-refractivity contribution in [3.8, 4) is 17.4 Å². The van der Waals surface area contributed by atoms with Gasteiger partial charge in [0.25, 0.3) is 0 Å². The van der Waals surface area contributed by atoms with Crippen LogP contribution in [0.15, 0.2) is 16.7 Å². The van der Waals surface area contributed by atoms with E-state index in [9.17, 15) is 0 Å². The van der Waals surface area contributed by atoms with Gasteiger partial charge in [-0.2, -0.15) is 4.98 Å². The lowest BCUT2D eigenvalue weighted by Gasteiger charge is -2.09. The molecule has 0 fully saturated rings. The van der Waals surface area contributed by atoms with Gasteiger partial charge in [-0.25, -0.2) is 0 Å². The molecule has 1 unspecified atom stereocenters. The summed E-state index contributed by atoms with van der Waals surface area (Å²) in [5.74, 6) is 1.48. The van der Waals surface area contributed by atoms with Crippen LogP contribution in [0.1, 0.15) is 19.2 Å². The topological polar surface area (TPSA) is 86.0 Å². The molecule has 7 nitrogen and oxygen atoms in total. The molecular weight excluding hydrogens is 246 g/mol. The molecule has 2 aromatic rings. The van der Waals surface area contributed by atoms with Gasteiger partial charge in [-0.05, 0) is 19.5 Å². The Morgan fingerprint density at radius 2 is 2.21 bits per heavy atom. The van der Waals surface area contributed by atoms with Gasteiger partial charge in [0.2, 0.25) is 17.6 Å². The smallest absolute Gasteiger partial charge is 0.233 e. The first-order valence-electron chi connectivity index (χ1n) is 6.14. The number of likely N-dealkylation sites (N-methyl/N-ethyl adjacent to an activating group) is 1. The Balaban J connectivity index is 2.11. The van der Waals surface area contributed by atoms with E-state index in [4.69, 9.17) is 9.26 Å². The number of hydrogen-bond donors (Lipinski definition) is 1. The Morgan fingerprint density at radius 1 is 1.37 bits per heavy atom. The summed E-state index contributed by atoms with van der Waals surface area (Å²) in [5.41, 5.74) is 0.563. The van der Waals surface area contributed by atoms with E-state index in [0.717, 1.165) is 6.42 Å². The quantitative estimate of drug-likeness (QED) is 0.834. The van der Waals surface area contributed by atoms with E-state index < -0.39 is 0 Å². The summed E-state index contributed by atoms with van der Waals surface area (Å²) in [5, 5.41) is 14.9. The zero-order chi connectivity index (χ0) is 13.7. The molecule has 0 saturated carbocycles. The first-order chi connectivity index (χ1) is 9.26. The number of methoxy groups -OCH3 is 1. The first-order valence-corrected chi connectivity index (χ1v) is 6.14. The van der Waals surface area contributed by atoms with Crippen LogP contribution in [-0.4, -0.2) is 40.5 Å². The van der Waals surface area contributed by atoms with Crippen LogP contribution in [0.5, 0.6) is 5.88 Å². The second-order valence-corrected chi connectivity index (χ2v) is 4.07. The number of rotatable bonds is 6. The molecule has 0 bridgehead atoms. The zero-order valence-corrected chi connectivity index (χ0v) is 11.3. The second-order valence-electron chi connectivity index (χ2n) is 4.07. The van der Waals surface area contributed by atoms with Crippen molar-refractivity contribution in [1.82, 2.24) is 25.7 Å². The Bertz CT molecular complexity index is 507. The average molecular weight is 263 g/mol. The van der Waals surface area contributed by atoms with Crippen molar-refractivity contribution in [2.24, 2.45) is 0 Å². The van der Waals surface area contributed by atoms with E-state index in [2.05, 4.69) is 32.6 Å². The molecule has 0 aliphatic carbocycles. The van der Waals surface area contributed by atoms with E-state index in [0.29, 0.717) is 35.8 Å². The van der Waals surface area contributed by atoms with E-state index in [1.54, 1.807) is 19.2 Å². The molecule has 2 rings (SSSR count). The van der Waals surface area contributed by atoms with Crippen molar-refractivity contribution >= 4 is 0 Å². The van der Waals surface area contributed by atoms with E-state index in [-0.39, 0.29) is 0 Å². The van der Waals surface area contributed by atoms with Crippen molar-refractivity contribution in [3.05, 3.63) is 18.0 Å². The van der Waals surface area contributed by atoms with Gasteiger partial charge < -0.3 is 14.6 Å². The summed E-state index contributed by atoms with van der Waals surface area (Å²) in [6.07, 6.45) is 1.69. The maximum atomic E-state index is 5.21. The fourth-order valence-electron chi connectivity index (χ4n) is 1.65. The van der Waals surface area contributed by atoms with Crippen molar-refractivity contribution in [3.63, 3.8) is 0 Å². The fraction of sp³-hybridized carbons (Fsp3) is 0.500. The SMILES string of the molecule is CCC(Cc1nc(-c2ccc(OC)nn2)no1)NC. The Labute approximate surface area is 111 Å². The molecule has 0 amide bonds. The molecule has 0 spiro atoms. The van der Waals surface area contributed by atoms with Gasteiger partial charge >= 0.3 is 0 Å². The van der Waals surface area contributed by atoms with Crippen LogP contribution in [0, 0.1) is 0 Å². The molecule has 102 valence electrons. The minimum absolute atomic E-state index is 0.329. The second kappa shape index (κ2) is 6.24. The van der Waals surface area contributed by atoms with Crippen LogP contribution < -0.4 is 10.1 Å². The number of ether oxygens (including phenoxy) is 1. The molecule has 7 heteroatoms. The molecule has 1 N–H and O–H groups in total. The lowest BCUT2D eigenvalue weighted by atomic mass is 10.1. The summed E-state index contributed by atoms with van der Waals surface area (Å²) < 4.78 is 10.2. The van der Waals surface area contributed by atoms with Gasteiger partial charge in [-0.3, -0.25) is 0 Å². The largest absolute Gasteiger partial charge is 0.480 e. The zero-order valence-electron chi connectivity index (χ0n) is 11.3. The van der Waals surface area contributed by atoms with Gasteiger partial charge in [-0.1, -0.05) is 12.1 Å². The van der Waals surface area contributed by atoms with Crippen molar-refractivity contribution in [2.75, 3.05) is 14.2 Å². The van der Waals surface area contributed by atoms with E-state index >= 15 is 0 Å². The van der Waals surface area contributed by atoms with Crippen molar-refractivity contribution in [1.29, 1.82) is 0 Å². The lowest BCUT2D eigenvalue weighted by molar-refractivity contribution is 0.359. The highest BCUT2D eigenvalue weighted by molar-refractivity contribution is 5.47. The van der Waals surface area contributed by atoms with Crippen LogP contribution in [-0.2, 0) is 6.42 Å². The summed E-state index contributed by atoms with van der Waals surface area (Å²) in [4.78, 5) is 4.31. The lowest BCUT2D eigenvalue weighted by Crippen LogP contribution is -2.26. The number of nitrogens with zero attached hydrogens (tertiary/aromatic N) is 4. The number of nitrogens with one attached hydrogen (secondary N) is 1. The van der Waals surface area contributed by atoms with Crippen LogP contribution in [0.2, 0.25) is 0 Å². The van der Waals surface area contributed by atoms with Crippen molar-refractivity contribution < 1.29 is 9.26 Å². The summed E-state index contributed by atoms with van der Waals surface area (Å²) >= 11 is 0. The molecule has 2 heterocycles. The van der Waals surface area contributed by atoms with Gasteiger partial charge in [-0.15, -0.1) is 10.2 Å². The van der Waals surface area contributed by atoms with Crippen LogP contribution in [0.3, 0.4) is 0 Å². The first kappa shape index (κ1) is 13.4. The molecule has 0 radical (unpaired) electrons. The molecule has 2 aromatic heterocycles. The van der Waals surface area contributed by atoms with Crippen LogP contribution in [0.25, 0.3) is 11.5 Å². The summed E-state index contributed by atoms with van der Waals surface area (Å²) in [7, 11) is 3.46. The highest BCUT2D eigenvalue weighted by Crippen LogP contribution is 2.15. The van der Waals surface area contributed by atoms with Gasteiger partial charge in [0, 0.05) is 18.5 Å². The third-order valence-electron chi connectivity index (χ3n) is 2.87. The summed E-state index contributed by atoms with van der Waals surface area (Å²) in [6.45, 7) is 2.10. The maximum Gasteiger partial charge on any atom is 0.233 e. The Morgan fingerprint density at radius 3 is 2.79 bits per heavy atom. The third kappa shape index (κ3) is 3.25. The van der Waals surface area contributed by atoms with Crippen LogP contribution in [0.4, 0.5) is 0 Å². The molecule has 1 atom stereocenters. The van der Waals surface area contributed by atoms with Crippen molar-refractivity contribution in [2.45, 2.75) is 25.8 Å². The normalized spacial score (nSPS) is 12.4. The molecule has 0 aromatic carbocycles. The highest BCUT2D eigenvalue weighted by Gasteiger charge is 2.13. The van der Waals surface area contributed by atoms with Gasteiger partial charge in [0.15, 0.2) is 0 Å². The Kier molecular flexibility index (Phi) is 4.40. The highest BCUT2D eigenvalue weighted by atomic mass is 16.5. The molecule has 19 heavy (non-hydrogen) atoms. The Hall–Kier alpha value is -2.02. The molecule has 0 saturated heterocycles. The fourth-order valence-corrected chi connectivity index (χ4v) is 1.65. The van der Waals surface area contributed by atoms with Gasteiger partial charge in [0.05, 0.1) is 7.11 Å². The van der Waals surface area contributed by atoms with E-state index in [1.165, 1.54) is 0 Å². The predicted molar refractivity (Wildman–Crippen MR) is 68.7 cm³/mol. The number of hydrogen-bond acceptors (Lipinski definition) is 7. The minimum atomic E-state index is 0.329. The standard InChI is InChI=1S/C12H17N5O2/c1-4-8(13-2)7-11-14-12(17-19-11)9-5-6-10(18-3)16-15-9/h5-6,8,13H,4,7H2,1-3H3. The number of aromatic nitrogens is 4. The minimum Gasteiger partial charge on any atom is -0.480 e. The monoisotopic (exact) mass is 263 g/mol. The van der Waals surface area contributed by atoms with E-state index in [1.807, 2.05) is 7.05 Å². The molecule has 0 aliphatic heterocycles. The maximum absolute atomic E-state index is 5.21.